The van der Waals surface area contributed by atoms with E-state index in [4.69, 9.17) is 4.74 Å². The topological polar surface area (TPSA) is 58.2 Å². The fourth-order valence-electron chi connectivity index (χ4n) is 3.55. The largest absolute Gasteiger partial charge is 0.492 e. The number of fused-ring (bicyclic) bond motifs is 2. The molecule has 146 valence electrons. The van der Waals surface area contributed by atoms with Crippen LogP contribution >= 0.6 is 11.3 Å². The molecule has 0 atom stereocenters. The Kier molecular flexibility index (Phi) is 4.61. The van der Waals surface area contributed by atoms with Crippen LogP contribution in [0.3, 0.4) is 0 Å². The van der Waals surface area contributed by atoms with Gasteiger partial charge in [0, 0.05) is 23.5 Å². The summed E-state index contributed by atoms with van der Waals surface area (Å²) in [6, 6.07) is 16.2. The minimum Gasteiger partial charge on any atom is -0.492 e. The highest BCUT2D eigenvalue weighted by Crippen LogP contribution is 2.31. The Bertz CT molecular complexity index is 1230. The number of hydrogen-bond acceptors (Lipinski definition) is 5. The fourth-order valence-corrected chi connectivity index (χ4v) is 4.54. The normalized spacial score (nSPS) is 14.4. The quantitative estimate of drug-likeness (QED) is 0.553. The van der Waals surface area contributed by atoms with Gasteiger partial charge < -0.3 is 9.72 Å². The first-order valence-corrected chi connectivity index (χ1v) is 10.2. The third-order valence-electron chi connectivity index (χ3n) is 4.97. The third-order valence-corrected chi connectivity index (χ3v) is 6.14. The van der Waals surface area contributed by atoms with Crippen LogP contribution in [0.15, 0.2) is 59.4 Å². The van der Waals surface area contributed by atoms with Crippen LogP contribution in [0.4, 0.5) is 4.39 Å². The molecule has 1 N–H and O–H groups in total. The summed E-state index contributed by atoms with van der Waals surface area (Å²) in [5.74, 6) is 1.26. The summed E-state index contributed by atoms with van der Waals surface area (Å²) >= 11 is 1.37. The second kappa shape index (κ2) is 7.42. The van der Waals surface area contributed by atoms with Crippen LogP contribution < -0.4 is 10.3 Å². The van der Waals surface area contributed by atoms with Gasteiger partial charge in [-0.25, -0.2) is 9.37 Å². The first-order valence-electron chi connectivity index (χ1n) is 9.37. The number of nitrogens with one attached hydrogen (secondary N) is 1. The van der Waals surface area contributed by atoms with Crippen molar-refractivity contribution in [3.63, 3.8) is 0 Å². The summed E-state index contributed by atoms with van der Waals surface area (Å²) in [5, 5.41) is 0. The molecule has 3 heterocycles. The molecule has 0 aliphatic carbocycles. The number of benzene rings is 2. The van der Waals surface area contributed by atoms with Crippen LogP contribution in [-0.4, -0.2) is 28.0 Å². The highest BCUT2D eigenvalue weighted by Gasteiger charge is 2.17. The Morgan fingerprint density at radius 1 is 1.17 bits per heavy atom. The van der Waals surface area contributed by atoms with E-state index in [1.54, 1.807) is 12.1 Å². The van der Waals surface area contributed by atoms with Crippen molar-refractivity contribution in [3.05, 3.63) is 82.2 Å². The van der Waals surface area contributed by atoms with Crippen molar-refractivity contribution in [2.45, 2.75) is 13.1 Å². The van der Waals surface area contributed by atoms with E-state index in [0.29, 0.717) is 29.2 Å². The van der Waals surface area contributed by atoms with Gasteiger partial charge in [-0.05, 0) is 29.8 Å². The number of halogens is 1. The first-order chi connectivity index (χ1) is 14.2. The number of aromatic nitrogens is 2. The van der Waals surface area contributed by atoms with Crippen molar-refractivity contribution < 1.29 is 9.13 Å². The van der Waals surface area contributed by atoms with E-state index >= 15 is 0 Å². The maximum absolute atomic E-state index is 13.2. The second-order valence-corrected chi connectivity index (χ2v) is 8.06. The first kappa shape index (κ1) is 18.0. The lowest BCUT2D eigenvalue weighted by atomic mass is 10.2. The number of H-pyrrole nitrogens is 1. The zero-order valence-electron chi connectivity index (χ0n) is 15.5. The lowest BCUT2D eigenvalue weighted by molar-refractivity contribution is 0.215. The number of aromatic amines is 1. The average molecular weight is 407 g/mol. The molecule has 7 heteroatoms. The number of para-hydroxylation sites is 1. The number of hydrogen-bond donors (Lipinski definition) is 1. The summed E-state index contributed by atoms with van der Waals surface area (Å²) in [4.78, 5) is 23.3. The van der Waals surface area contributed by atoms with Gasteiger partial charge >= 0.3 is 0 Å². The summed E-state index contributed by atoms with van der Waals surface area (Å²) in [6.45, 7) is 2.62. The van der Waals surface area contributed by atoms with Gasteiger partial charge in [0.25, 0.3) is 5.56 Å². The number of rotatable bonds is 3. The fraction of sp³-hybridized carbons (Fsp3) is 0.182. The minimum atomic E-state index is -0.281. The summed E-state index contributed by atoms with van der Waals surface area (Å²) < 4.78 is 19.6. The van der Waals surface area contributed by atoms with Crippen LogP contribution in [0.2, 0.25) is 0 Å². The van der Waals surface area contributed by atoms with E-state index in [9.17, 15) is 9.18 Å². The summed E-state index contributed by atoms with van der Waals surface area (Å²) in [7, 11) is 0. The molecule has 0 unspecified atom stereocenters. The average Bonchev–Trinajstić information content (AvgIpc) is 3.04. The zero-order valence-corrected chi connectivity index (χ0v) is 16.3. The molecule has 0 bridgehead atoms. The highest BCUT2D eigenvalue weighted by atomic mass is 32.1. The summed E-state index contributed by atoms with van der Waals surface area (Å²) in [6.07, 6.45) is 0. The van der Waals surface area contributed by atoms with Crippen molar-refractivity contribution in [2.24, 2.45) is 0 Å². The lowest BCUT2D eigenvalue weighted by Gasteiger charge is -2.18. The van der Waals surface area contributed by atoms with E-state index in [2.05, 4.69) is 20.9 Å². The Hall–Kier alpha value is -3.03. The van der Waals surface area contributed by atoms with Crippen LogP contribution in [0, 0.1) is 5.82 Å². The molecule has 4 aromatic rings. The van der Waals surface area contributed by atoms with Gasteiger partial charge in [-0.2, -0.15) is 0 Å². The van der Waals surface area contributed by atoms with Gasteiger partial charge in [0.05, 0.1) is 12.1 Å². The van der Waals surface area contributed by atoms with E-state index in [1.165, 1.54) is 23.5 Å². The molecular weight excluding hydrogens is 389 g/mol. The molecule has 5 nitrogen and oxygen atoms in total. The number of ether oxygens (including phenoxy) is 1. The van der Waals surface area contributed by atoms with E-state index in [0.717, 1.165) is 34.8 Å². The Morgan fingerprint density at radius 2 is 2.00 bits per heavy atom. The lowest BCUT2D eigenvalue weighted by Crippen LogP contribution is -2.27. The molecule has 0 fully saturated rings. The SMILES string of the molecule is O=c1[nH]c(CN2CCOc3ccccc3C2)nc2cc(-c3ccc(F)cc3)sc12. The van der Waals surface area contributed by atoms with Crippen molar-refractivity contribution in [1.29, 1.82) is 0 Å². The predicted molar refractivity (Wildman–Crippen MR) is 112 cm³/mol. The summed E-state index contributed by atoms with van der Waals surface area (Å²) in [5.41, 5.74) is 2.52. The molecule has 1 aliphatic heterocycles. The van der Waals surface area contributed by atoms with Crippen LogP contribution in [0.1, 0.15) is 11.4 Å². The van der Waals surface area contributed by atoms with Gasteiger partial charge in [0.2, 0.25) is 0 Å². The maximum atomic E-state index is 13.2. The molecule has 0 saturated carbocycles. The van der Waals surface area contributed by atoms with E-state index in [-0.39, 0.29) is 11.4 Å². The van der Waals surface area contributed by atoms with Gasteiger partial charge in [-0.15, -0.1) is 11.3 Å². The van der Waals surface area contributed by atoms with Gasteiger partial charge in [0.15, 0.2) is 0 Å². The highest BCUT2D eigenvalue weighted by molar-refractivity contribution is 7.22. The predicted octanol–water partition coefficient (Wildman–Crippen LogP) is 4.19. The molecule has 0 radical (unpaired) electrons. The van der Waals surface area contributed by atoms with E-state index < -0.39 is 0 Å². The molecule has 1 aliphatic rings. The molecule has 0 saturated heterocycles. The smallest absolute Gasteiger partial charge is 0.268 e. The Balaban J connectivity index is 1.44. The molecule has 5 rings (SSSR count). The van der Waals surface area contributed by atoms with E-state index in [1.807, 2.05) is 24.3 Å². The van der Waals surface area contributed by atoms with Gasteiger partial charge in [-0.1, -0.05) is 30.3 Å². The van der Waals surface area contributed by atoms with Gasteiger partial charge in [0.1, 0.15) is 28.7 Å². The molecule has 2 aromatic carbocycles. The Labute approximate surface area is 170 Å². The van der Waals surface area contributed by atoms with Crippen LogP contribution in [-0.2, 0) is 13.1 Å². The standard InChI is InChI=1S/C22H18FN3O2S/c23-16-7-5-14(6-8-16)19-11-17-21(29-19)22(27)25-20(24-17)13-26-9-10-28-18-4-2-1-3-15(18)12-26/h1-8,11H,9-10,12-13H2,(H,24,25,27). The number of nitrogens with zero attached hydrogens (tertiary/aromatic N) is 2. The van der Waals surface area contributed by atoms with Crippen molar-refractivity contribution in [2.75, 3.05) is 13.2 Å². The molecule has 0 spiro atoms. The van der Waals surface area contributed by atoms with Crippen LogP contribution in [0.25, 0.3) is 20.7 Å². The van der Waals surface area contributed by atoms with Crippen molar-refractivity contribution in [1.82, 2.24) is 14.9 Å². The second-order valence-electron chi connectivity index (χ2n) is 7.01. The van der Waals surface area contributed by atoms with Crippen molar-refractivity contribution >= 4 is 21.6 Å². The maximum Gasteiger partial charge on any atom is 0.268 e. The van der Waals surface area contributed by atoms with Crippen molar-refractivity contribution in [3.8, 4) is 16.2 Å². The molecule has 0 amide bonds. The monoisotopic (exact) mass is 407 g/mol. The third kappa shape index (κ3) is 3.66. The van der Waals surface area contributed by atoms with Gasteiger partial charge in [-0.3, -0.25) is 9.69 Å². The number of thiophene rings is 1. The minimum absolute atomic E-state index is 0.144. The van der Waals surface area contributed by atoms with Crippen LogP contribution in [0.5, 0.6) is 5.75 Å². The Morgan fingerprint density at radius 3 is 2.86 bits per heavy atom. The zero-order chi connectivity index (χ0) is 19.8. The molecule has 29 heavy (non-hydrogen) atoms. The molecule has 2 aromatic heterocycles. The molecular formula is C22H18FN3O2S.